The molecule has 2 aliphatic rings. The van der Waals surface area contributed by atoms with Gasteiger partial charge in [-0.25, -0.2) is 0 Å². The molecule has 4 N–H and O–H groups in total. The highest BCUT2D eigenvalue weighted by molar-refractivity contribution is 6.00. The smallest absolute Gasteiger partial charge is 0.245 e. The molecule has 10 atom stereocenters. The van der Waals surface area contributed by atoms with Crippen LogP contribution >= 0.6 is 0 Å². The molecule has 0 spiro atoms. The highest BCUT2D eigenvalue weighted by Gasteiger charge is 2.65. The van der Waals surface area contributed by atoms with Crippen molar-refractivity contribution in [2.75, 3.05) is 7.05 Å². The lowest BCUT2D eigenvalue weighted by atomic mass is 9.79. The van der Waals surface area contributed by atoms with Gasteiger partial charge in [-0.3, -0.25) is 24.0 Å². The molecule has 11 heteroatoms. The van der Waals surface area contributed by atoms with Gasteiger partial charge in [-0.15, -0.1) is 0 Å². The van der Waals surface area contributed by atoms with Crippen molar-refractivity contribution in [2.24, 2.45) is 17.8 Å². The third-order valence-electron chi connectivity index (χ3n) is 8.33. The van der Waals surface area contributed by atoms with Gasteiger partial charge in [0.25, 0.3) is 0 Å². The molecule has 2 fully saturated rings. The van der Waals surface area contributed by atoms with Crippen molar-refractivity contribution < 1.29 is 33.8 Å². The highest BCUT2D eigenvalue weighted by atomic mass is 16.6. The van der Waals surface area contributed by atoms with Crippen LogP contribution in [-0.2, 0) is 28.7 Å². The van der Waals surface area contributed by atoms with Crippen LogP contribution in [0, 0.1) is 17.8 Å². The van der Waals surface area contributed by atoms with Crippen molar-refractivity contribution in [3.8, 4) is 0 Å². The van der Waals surface area contributed by atoms with Gasteiger partial charge in [-0.1, -0.05) is 47.5 Å². The summed E-state index contributed by atoms with van der Waals surface area (Å²) in [6.07, 6.45) is 0.174. The topological polar surface area (TPSA) is 157 Å². The Morgan fingerprint density at radius 3 is 2.08 bits per heavy atom. The molecule has 1 saturated carbocycles. The zero-order valence-electron chi connectivity index (χ0n) is 24.2. The van der Waals surface area contributed by atoms with E-state index in [9.17, 15) is 29.1 Å². The zero-order valence-corrected chi connectivity index (χ0v) is 24.2. The first kappa shape index (κ1) is 31.7. The molecule has 1 saturated heterocycles. The number of likely N-dealkylation sites (N-methyl/N-ethyl adjacent to an activating group) is 1. The number of fused-ring (bicyclic) bond motifs is 1. The summed E-state index contributed by atoms with van der Waals surface area (Å²) in [6, 6.07) is -3.92. The number of amides is 4. The van der Waals surface area contributed by atoms with E-state index in [4.69, 9.17) is 4.74 Å². The zero-order chi connectivity index (χ0) is 29.1. The summed E-state index contributed by atoms with van der Waals surface area (Å²) < 4.78 is 5.57. The van der Waals surface area contributed by atoms with Gasteiger partial charge in [-0.2, -0.15) is 0 Å². The monoisotopic (exact) mass is 538 g/mol. The third-order valence-corrected chi connectivity index (χ3v) is 8.33. The lowest BCUT2D eigenvalue weighted by Gasteiger charge is -2.34. The van der Waals surface area contributed by atoms with Crippen LogP contribution in [0.5, 0.6) is 0 Å². The Labute approximate surface area is 225 Å². The second kappa shape index (κ2) is 12.5. The number of rotatable bonds is 12. The van der Waals surface area contributed by atoms with E-state index in [-0.39, 0.29) is 35.5 Å². The molecule has 0 aromatic rings. The minimum atomic E-state index is -1.34. The van der Waals surface area contributed by atoms with Crippen molar-refractivity contribution in [2.45, 2.75) is 117 Å². The van der Waals surface area contributed by atoms with Crippen molar-refractivity contribution in [1.82, 2.24) is 20.9 Å². The predicted octanol–water partition coefficient (Wildman–Crippen LogP) is 0.527. The van der Waals surface area contributed by atoms with Crippen LogP contribution in [0.2, 0.25) is 0 Å². The summed E-state index contributed by atoms with van der Waals surface area (Å²) in [5.41, 5.74) is -0.912. The summed E-state index contributed by atoms with van der Waals surface area (Å²) in [5.74, 6) is -2.69. The van der Waals surface area contributed by atoms with E-state index in [0.29, 0.717) is 19.3 Å². The molecule has 1 aliphatic heterocycles. The molecule has 4 amide bonds. The van der Waals surface area contributed by atoms with Crippen molar-refractivity contribution in [3.05, 3.63) is 0 Å². The average Bonchev–Trinajstić information content (AvgIpc) is 3.56. The van der Waals surface area contributed by atoms with Crippen LogP contribution in [0.1, 0.15) is 74.7 Å². The van der Waals surface area contributed by atoms with E-state index < -0.39 is 53.6 Å². The molecule has 0 aromatic carbocycles. The average molecular weight is 539 g/mol. The van der Waals surface area contributed by atoms with E-state index in [2.05, 4.69) is 16.0 Å². The van der Waals surface area contributed by atoms with Crippen LogP contribution in [0.25, 0.3) is 0 Å². The third kappa shape index (κ3) is 6.72. The molecule has 0 bridgehead atoms. The van der Waals surface area contributed by atoms with Gasteiger partial charge < -0.3 is 30.7 Å². The minimum absolute atomic E-state index is 0.0687. The van der Waals surface area contributed by atoms with Crippen molar-refractivity contribution in [1.29, 1.82) is 0 Å². The number of ketones is 1. The number of carbonyl (C=O) groups excluding carboxylic acids is 5. The second-order valence-electron chi connectivity index (χ2n) is 11.3. The summed E-state index contributed by atoms with van der Waals surface area (Å²) in [5, 5.41) is 18.4. The largest absolute Gasteiger partial charge is 0.391 e. The van der Waals surface area contributed by atoms with E-state index in [1.165, 1.54) is 18.7 Å². The molecule has 3 unspecified atom stereocenters. The van der Waals surface area contributed by atoms with E-state index in [1.54, 1.807) is 20.9 Å². The first-order valence-corrected chi connectivity index (χ1v) is 13.6. The number of ether oxygens (including phenoxy) is 1. The number of hydrogen-bond donors (Lipinski definition) is 4. The first-order chi connectivity index (χ1) is 17.6. The molecule has 2 rings (SSSR count). The minimum Gasteiger partial charge on any atom is -0.391 e. The van der Waals surface area contributed by atoms with Crippen LogP contribution in [0.3, 0.4) is 0 Å². The van der Waals surface area contributed by atoms with Gasteiger partial charge in [0.2, 0.25) is 23.6 Å². The quantitative estimate of drug-likeness (QED) is 0.264. The van der Waals surface area contributed by atoms with E-state index in [1.807, 2.05) is 27.7 Å². The highest BCUT2D eigenvalue weighted by Crippen LogP contribution is 2.48. The Morgan fingerprint density at radius 1 is 1.03 bits per heavy atom. The number of aliphatic hydroxyl groups is 1. The van der Waals surface area contributed by atoms with Crippen LogP contribution in [0.15, 0.2) is 0 Å². The van der Waals surface area contributed by atoms with Crippen LogP contribution in [-0.4, -0.2) is 88.4 Å². The summed E-state index contributed by atoms with van der Waals surface area (Å²) in [7, 11) is 1.55. The molecule has 1 heterocycles. The molecule has 1 aliphatic carbocycles. The molecule has 11 nitrogen and oxygen atoms in total. The van der Waals surface area contributed by atoms with E-state index >= 15 is 0 Å². The number of carbonyl (C=O) groups is 5. The number of epoxide rings is 1. The lowest BCUT2D eigenvalue weighted by molar-refractivity contribution is -0.141. The summed E-state index contributed by atoms with van der Waals surface area (Å²) in [6.45, 7) is 13.8. The molecule has 0 aromatic heterocycles. The Hall–Kier alpha value is -2.53. The number of nitrogens with one attached hydrogen (secondary N) is 3. The van der Waals surface area contributed by atoms with Crippen molar-refractivity contribution in [3.63, 3.8) is 0 Å². The number of aliphatic hydroxyl groups excluding tert-OH is 1. The normalized spacial score (nSPS) is 29.0. The molecular weight excluding hydrogens is 492 g/mol. The van der Waals surface area contributed by atoms with Gasteiger partial charge >= 0.3 is 0 Å². The molecular formula is C27H46N4O7. The van der Waals surface area contributed by atoms with Gasteiger partial charge in [0, 0.05) is 14.0 Å². The van der Waals surface area contributed by atoms with Gasteiger partial charge in [0.1, 0.15) is 18.1 Å². The number of Topliss-reactive ketones (excluding diaryl/α,β-unsaturated/α-hetero) is 1. The van der Waals surface area contributed by atoms with Gasteiger partial charge in [-0.05, 0) is 38.0 Å². The SMILES string of the molecule is CC[C@H](C)C(NC(=O)[C@H]([C@@H](C)CC)N(C)C(C)=O)C(=O)N[C@H](C(=O)N[C@H]1CC(C)C2O[C@@]2(C)C1=O)[C@@H](C)O. The maximum atomic E-state index is 13.4. The maximum absolute atomic E-state index is 13.4. The van der Waals surface area contributed by atoms with Gasteiger partial charge in [0.05, 0.1) is 18.2 Å². The summed E-state index contributed by atoms with van der Waals surface area (Å²) >= 11 is 0. The Morgan fingerprint density at radius 2 is 1.58 bits per heavy atom. The number of nitrogens with zero attached hydrogens (tertiary/aromatic N) is 1. The summed E-state index contributed by atoms with van der Waals surface area (Å²) in [4.78, 5) is 66.1. The van der Waals surface area contributed by atoms with Gasteiger partial charge in [0.15, 0.2) is 11.4 Å². The van der Waals surface area contributed by atoms with Crippen LogP contribution in [0.4, 0.5) is 0 Å². The fourth-order valence-corrected chi connectivity index (χ4v) is 5.25. The van der Waals surface area contributed by atoms with Crippen molar-refractivity contribution >= 4 is 29.4 Å². The molecule has 0 radical (unpaired) electrons. The first-order valence-electron chi connectivity index (χ1n) is 13.6. The predicted molar refractivity (Wildman–Crippen MR) is 141 cm³/mol. The Balaban J connectivity index is 2.18. The lowest BCUT2D eigenvalue weighted by Crippen LogP contribution is -2.62. The van der Waals surface area contributed by atoms with E-state index in [0.717, 1.165) is 0 Å². The molecule has 216 valence electrons. The Bertz CT molecular complexity index is 925. The standard InChI is InChI=1S/C27H46N4O7/c1-10-13(3)19(29-26(37)21(14(4)11-2)31(9)17(7)33)24(35)30-20(16(6)32)25(36)28-18-12-15(5)23-27(8,38-23)22(18)34/h13-16,18-21,23,32H,10-12H2,1-9H3,(H,28,36)(H,29,37)(H,30,35)/t13-,14-,15?,16+,18-,19?,20-,21-,23?,27-/m0/s1. The molecule has 38 heavy (non-hydrogen) atoms. The maximum Gasteiger partial charge on any atom is 0.245 e. The second-order valence-corrected chi connectivity index (χ2v) is 11.3. The Kier molecular flexibility index (Phi) is 10.5. The fraction of sp³-hybridized carbons (Fsp3) is 0.815. The fourth-order valence-electron chi connectivity index (χ4n) is 5.25. The number of hydrogen-bond acceptors (Lipinski definition) is 7. The van der Waals surface area contributed by atoms with Crippen LogP contribution < -0.4 is 16.0 Å².